The average Bonchev–Trinajstić information content (AvgIpc) is 4.00. The largest absolute Gasteiger partial charge is 0.476 e. The number of ether oxygens (including phenoxy) is 3. The number of rotatable bonds is 8. The van der Waals surface area contributed by atoms with Crippen LogP contribution in [-0.2, 0) is 27.3 Å². The fraction of sp³-hybridized carbons (Fsp3) is 0.522. The molecule has 0 saturated carbocycles. The van der Waals surface area contributed by atoms with E-state index in [2.05, 4.69) is 80.0 Å². The van der Waals surface area contributed by atoms with Crippen molar-refractivity contribution in [3.8, 4) is 0 Å². The van der Waals surface area contributed by atoms with Crippen LogP contribution in [0.3, 0.4) is 0 Å². The second-order valence-electron chi connectivity index (χ2n) is 17.7. The van der Waals surface area contributed by atoms with Crippen LogP contribution in [0.1, 0.15) is 64.0 Å². The van der Waals surface area contributed by atoms with E-state index in [4.69, 9.17) is 19.3 Å². The Hall–Kier alpha value is -5.82. The van der Waals surface area contributed by atoms with Crippen LogP contribution in [0, 0.1) is 13.8 Å². The lowest BCUT2D eigenvalue weighted by atomic mass is 10.1. The van der Waals surface area contributed by atoms with E-state index in [1.807, 2.05) is 0 Å². The number of amides is 2. The highest BCUT2D eigenvalue weighted by molar-refractivity contribution is 5.88. The van der Waals surface area contributed by atoms with Crippen LogP contribution in [0.5, 0.6) is 0 Å². The molecule has 2 aromatic heterocycles. The maximum Gasteiger partial charge on any atom is 0.359 e. The van der Waals surface area contributed by atoms with Crippen LogP contribution in [0.4, 0.5) is 21.0 Å². The number of aryl methyl sites for hydroxylation is 2. The van der Waals surface area contributed by atoms with Gasteiger partial charge in [0.2, 0.25) is 0 Å². The number of anilines is 2. The summed E-state index contributed by atoms with van der Waals surface area (Å²) in [6, 6.07) is 15.6. The number of carbonyl (C=O) groups excluding carboxylic acids is 3. The van der Waals surface area contributed by atoms with Gasteiger partial charge >= 0.3 is 24.0 Å². The number of esters is 1. The molecule has 4 aliphatic heterocycles. The minimum absolute atomic E-state index is 0.128. The Labute approximate surface area is 374 Å². The first-order chi connectivity index (χ1) is 30.7. The van der Waals surface area contributed by atoms with Crippen molar-refractivity contribution in [1.29, 1.82) is 0 Å². The fourth-order valence-corrected chi connectivity index (χ4v) is 8.19. The number of benzene rings is 2. The molecule has 1 N–H and O–H groups in total. The quantitative estimate of drug-likeness (QED) is 0.249. The molecule has 18 nitrogen and oxygen atoms in total. The molecular weight excluding hydrogens is 821 g/mol. The predicted molar refractivity (Wildman–Crippen MR) is 240 cm³/mol. The van der Waals surface area contributed by atoms with Gasteiger partial charge in [-0.1, -0.05) is 24.3 Å². The zero-order valence-corrected chi connectivity index (χ0v) is 37.8. The smallest absolute Gasteiger partial charge is 0.359 e. The number of carboxylic acids is 1. The van der Waals surface area contributed by atoms with Gasteiger partial charge in [-0.2, -0.15) is 19.6 Å². The molecule has 0 radical (unpaired) electrons. The Bertz CT molecular complexity index is 2240. The molecule has 344 valence electrons. The molecule has 4 aliphatic rings. The number of piperazine rings is 2. The molecule has 8 rings (SSSR count). The normalized spacial score (nSPS) is 17.8. The summed E-state index contributed by atoms with van der Waals surface area (Å²) >= 11 is 0. The Morgan fingerprint density at radius 1 is 0.594 bits per heavy atom. The summed E-state index contributed by atoms with van der Waals surface area (Å²) in [6.07, 6.45) is 2.92. The highest BCUT2D eigenvalue weighted by atomic mass is 16.6. The number of carbonyl (C=O) groups is 4. The topological polar surface area (TPSA) is 171 Å². The van der Waals surface area contributed by atoms with Gasteiger partial charge < -0.3 is 38.9 Å². The molecule has 4 saturated heterocycles. The SMILES string of the molecule is Cc1ccc(CN2CCN(C(=O)n3ccc(C(=O)O)n3)CC2)c(N2CCOCC2)c1.Cc1ccc(CN2CCN(C(=O)n3ccc(C(=O)OC(C)(C)C)n3)CC2)c(N2CCOCC2)c1. The van der Waals surface area contributed by atoms with E-state index in [1.165, 1.54) is 62.8 Å². The molecule has 4 aromatic rings. The minimum atomic E-state index is -1.14. The van der Waals surface area contributed by atoms with Crippen molar-refractivity contribution in [3.63, 3.8) is 0 Å². The molecule has 0 bridgehead atoms. The van der Waals surface area contributed by atoms with Crippen LogP contribution in [0.15, 0.2) is 60.9 Å². The molecule has 4 fully saturated rings. The van der Waals surface area contributed by atoms with E-state index in [9.17, 15) is 19.2 Å². The summed E-state index contributed by atoms with van der Waals surface area (Å²) in [4.78, 5) is 61.7. The van der Waals surface area contributed by atoms with E-state index < -0.39 is 17.5 Å². The van der Waals surface area contributed by atoms with Crippen molar-refractivity contribution in [1.82, 2.24) is 39.2 Å². The Kier molecular flexibility index (Phi) is 15.0. The zero-order chi connectivity index (χ0) is 45.4. The zero-order valence-electron chi connectivity index (χ0n) is 37.8. The maximum atomic E-state index is 12.9. The van der Waals surface area contributed by atoms with Gasteiger partial charge in [0.25, 0.3) is 0 Å². The summed E-state index contributed by atoms with van der Waals surface area (Å²) < 4.78 is 18.7. The van der Waals surface area contributed by atoms with Gasteiger partial charge in [-0.15, -0.1) is 0 Å². The Morgan fingerprint density at radius 3 is 1.39 bits per heavy atom. The van der Waals surface area contributed by atoms with Gasteiger partial charge in [0.15, 0.2) is 11.4 Å². The summed E-state index contributed by atoms with van der Waals surface area (Å²) in [7, 11) is 0. The minimum Gasteiger partial charge on any atom is -0.476 e. The number of hydrogen-bond acceptors (Lipinski definition) is 13. The van der Waals surface area contributed by atoms with Gasteiger partial charge in [-0.05, 0) is 81.1 Å². The second-order valence-corrected chi connectivity index (χ2v) is 17.7. The van der Waals surface area contributed by atoms with Gasteiger partial charge in [0.05, 0.1) is 26.4 Å². The summed E-state index contributed by atoms with van der Waals surface area (Å²) in [5.41, 5.74) is 7.06. The standard InChI is InChI=1S/C25H35N5O4.C21H27N5O4/c1-19-5-6-20(22(17-19)28-13-15-33-16-14-28)18-27-9-11-29(12-10-27)24(32)30-8-7-21(26-30)23(31)34-25(2,3)4;1-16-2-3-17(19(14-16)24-10-12-30-13-11-24)15-23-6-8-25(9-7-23)21(29)26-5-4-18(22-26)20(27)28/h5-8,17H,9-16,18H2,1-4H3;2-5,14H,6-13,15H2,1H3,(H,27,28). The lowest BCUT2D eigenvalue weighted by Gasteiger charge is -2.36. The molecule has 18 heteroatoms. The first kappa shape index (κ1) is 46.2. The molecule has 0 spiro atoms. The summed E-state index contributed by atoms with van der Waals surface area (Å²) in [5, 5.41) is 17.0. The predicted octanol–water partition coefficient (Wildman–Crippen LogP) is 4.28. The molecular formula is C46H62N10O8. The van der Waals surface area contributed by atoms with E-state index in [1.54, 1.807) is 30.6 Å². The first-order valence-electron chi connectivity index (χ1n) is 22.2. The van der Waals surface area contributed by atoms with Crippen LogP contribution < -0.4 is 9.80 Å². The lowest BCUT2D eigenvalue weighted by Crippen LogP contribution is -2.49. The first-order valence-corrected chi connectivity index (χ1v) is 22.2. The van der Waals surface area contributed by atoms with Crippen molar-refractivity contribution < 1.29 is 38.5 Å². The number of aromatic carboxylic acids is 1. The third-order valence-corrected chi connectivity index (χ3v) is 11.7. The van der Waals surface area contributed by atoms with E-state index in [-0.39, 0.29) is 23.5 Å². The number of nitrogens with zero attached hydrogens (tertiary/aromatic N) is 10. The summed E-state index contributed by atoms with van der Waals surface area (Å²) in [6.45, 7) is 23.4. The molecule has 0 atom stereocenters. The number of morpholine rings is 2. The summed E-state index contributed by atoms with van der Waals surface area (Å²) in [5.74, 6) is -1.67. The van der Waals surface area contributed by atoms with Gasteiger partial charge in [0, 0.05) is 115 Å². The third kappa shape index (κ3) is 12.0. The maximum absolute atomic E-state index is 12.9. The Morgan fingerprint density at radius 2 is 1.00 bits per heavy atom. The molecule has 0 unspecified atom stereocenters. The van der Waals surface area contributed by atoms with Crippen LogP contribution in [0.25, 0.3) is 0 Å². The van der Waals surface area contributed by atoms with Crippen LogP contribution in [-0.4, -0.2) is 179 Å². The van der Waals surface area contributed by atoms with Crippen molar-refractivity contribution in [2.75, 3.05) is 115 Å². The van der Waals surface area contributed by atoms with Crippen LogP contribution in [0.2, 0.25) is 0 Å². The second kappa shape index (κ2) is 20.8. The van der Waals surface area contributed by atoms with E-state index in [0.717, 1.165) is 96.6 Å². The Balaban J connectivity index is 0.000000193. The molecule has 2 aromatic carbocycles. The number of carboxylic acid groups (broad SMARTS) is 1. The molecule has 64 heavy (non-hydrogen) atoms. The monoisotopic (exact) mass is 882 g/mol. The van der Waals surface area contributed by atoms with Crippen molar-refractivity contribution in [3.05, 3.63) is 94.6 Å². The molecule has 6 heterocycles. The van der Waals surface area contributed by atoms with Crippen LogP contribution >= 0.6 is 0 Å². The van der Waals surface area contributed by atoms with Crippen molar-refractivity contribution in [2.45, 2.75) is 53.3 Å². The number of hydrogen-bond donors (Lipinski definition) is 1. The molecule has 2 amide bonds. The highest BCUT2D eigenvalue weighted by Gasteiger charge is 2.28. The van der Waals surface area contributed by atoms with Crippen molar-refractivity contribution >= 4 is 35.4 Å². The average molecular weight is 883 g/mol. The van der Waals surface area contributed by atoms with E-state index >= 15 is 0 Å². The van der Waals surface area contributed by atoms with Gasteiger partial charge in [0.1, 0.15) is 5.60 Å². The van der Waals surface area contributed by atoms with E-state index in [0.29, 0.717) is 26.2 Å². The lowest BCUT2D eigenvalue weighted by molar-refractivity contribution is 0.00619. The van der Waals surface area contributed by atoms with Crippen molar-refractivity contribution in [2.24, 2.45) is 0 Å². The highest BCUT2D eigenvalue weighted by Crippen LogP contribution is 2.27. The fourth-order valence-electron chi connectivity index (χ4n) is 8.19. The van der Waals surface area contributed by atoms with Gasteiger partial charge in [-0.25, -0.2) is 19.2 Å². The number of aromatic nitrogens is 4. The molecule has 0 aliphatic carbocycles. The third-order valence-electron chi connectivity index (χ3n) is 11.7. The van der Waals surface area contributed by atoms with Gasteiger partial charge in [-0.3, -0.25) is 9.80 Å².